The lowest BCUT2D eigenvalue weighted by molar-refractivity contribution is 0.549. The summed E-state index contributed by atoms with van der Waals surface area (Å²) in [5, 5.41) is 0. The van der Waals surface area contributed by atoms with Crippen LogP contribution in [0.25, 0.3) is 5.57 Å². The number of rotatable bonds is 7. The highest BCUT2D eigenvalue weighted by Gasteiger charge is 2.24. The Hall–Kier alpha value is -2.69. The summed E-state index contributed by atoms with van der Waals surface area (Å²) in [6, 6.07) is 25.2. The third-order valence-corrected chi connectivity index (χ3v) is 6.91. The van der Waals surface area contributed by atoms with E-state index in [1.807, 2.05) is 55.5 Å². The third-order valence-electron chi connectivity index (χ3n) is 5.38. The molecule has 0 saturated heterocycles. The molecule has 4 heteroatoms. The van der Waals surface area contributed by atoms with Gasteiger partial charge in [-0.1, -0.05) is 78.4 Å². The molecule has 1 atom stereocenters. The summed E-state index contributed by atoms with van der Waals surface area (Å²) in [5.74, 6) is 0. The van der Waals surface area contributed by atoms with E-state index in [2.05, 4.69) is 29.0 Å². The van der Waals surface area contributed by atoms with Gasteiger partial charge < -0.3 is 0 Å². The molecule has 0 radical (unpaired) electrons. The predicted molar refractivity (Wildman–Crippen MR) is 118 cm³/mol. The smallest absolute Gasteiger partial charge is 0.207 e. The van der Waals surface area contributed by atoms with Crippen molar-refractivity contribution in [2.24, 2.45) is 0 Å². The topological polar surface area (TPSA) is 46.2 Å². The lowest BCUT2D eigenvalue weighted by atomic mass is 9.96. The van der Waals surface area contributed by atoms with Gasteiger partial charge in [0.1, 0.15) is 0 Å². The number of aryl methyl sites for hydroxylation is 1. The van der Waals surface area contributed by atoms with Gasteiger partial charge in [0.15, 0.2) is 0 Å². The van der Waals surface area contributed by atoms with E-state index in [0.29, 0.717) is 17.7 Å². The standard InChI is InChI=1S/C25H25NO2S/c1-19-11-15-24(16-12-19)29(27,28)26-23(17-20-7-3-2-4-8-20)18-22-14-13-21-9-5-6-10-25(21)22/h2-12,14-16,23,26H,13,17-18H2,1H3/t23-/m0/s1. The maximum absolute atomic E-state index is 13.0. The quantitative estimate of drug-likeness (QED) is 0.609. The van der Waals surface area contributed by atoms with Gasteiger partial charge in [-0.3, -0.25) is 0 Å². The Morgan fingerprint density at radius 1 is 0.862 bits per heavy atom. The number of fused-ring (bicyclic) bond motifs is 1. The van der Waals surface area contributed by atoms with Crippen LogP contribution < -0.4 is 4.72 Å². The molecule has 1 aliphatic carbocycles. The van der Waals surface area contributed by atoms with Crippen LogP contribution in [0.2, 0.25) is 0 Å². The molecule has 0 fully saturated rings. The second kappa shape index (κ2) is 8.36. The zero-order chi connectivity index (χ0) is 20.3. The molecule has 0 heterocycles. The maximum Gasteiger partial charge on any atom is 0.240 e. The SMILES string of the molecule is Cc1ccc(S(=O)(=O)N[C@H](CC2=CCc3ccccc32)Cc2ccccc2)cc1. The molecule has 0 aliphatic heterocycles. The van der Waals surface area contributed by atoms with Crippen molar-refractivity contribution in [3.8, 4) is 0 Å². The van der Waals surface area contributed by atoms with Crippen molar-refractivity contribution in [3.63, 3.8) is 0 Å². The number of allylic oxidation sites excluding steroid dienone is 1. The van der Waals surface area contributed by atoms with Crippen molar-refractivity contribution in [1.29, 1.82) is 0 Å². The molecule has 29 heavy (non-hydrogen) atoms. The van der Waals surface area contributed by atoms with Crippen molar-refractivity contribution in [2.45, 2.75) is 37.1 Å². The summed E-state index contributed by atoms with van der Waals surface area (Å²) in [4.78, 5) is 0.307. The third kappa shape index (κ3) is 4.66. The van der Waals surface area contributed by atoms with Gasteiger partial charge in [0, 0.05) is 6.04 Å². The Morgan fingerprint density at radius 2 is 1.55 bits per heavy atom. The number of hydrogen-bond acceptors (Lipinski definition) is 2. The molecule has 1 N–H and O–H groups in total. The minimum atomic E-state index is -3.59. The first-order valence-corrected chi connectivity index (χ1v) is 11.4. The van der Waals surface area contributed by atoms with Crippen LogP contribution in [0.5, 0.6) is 0 Å². The summed E-state index contributed by atoms with van der Waals surface area (Å²) in [6.45, 7) is 1.95. The van der Waals surface area contributed by atoms with Gasteiger partial charge in [0.25, 0.3) is 0 Å². The van der Waals surface area contributed by atoms with E-state index in [9.17, 15) is 8.42 Å². The number of hydrogen-bond donors (Lipinski definition) is 1. The van der Waals surface area contributed by atoms with E-state index in [-0.39, 0.29) is 6.04 Å². The molecule has 3 nitrogen and oxygen atoms in total. The second-order valence-electron chi connectivity index (χ2n) is 7.62. The molecule has 3 aromatic rings. The van der Waals surface area contributed by atoms with Gasteiger partial charge >= 0.3 is 0 Å². The first-order valence-electron chi connectivity index (χ1n) is 9.91. The van der Waals surface area contributed by atoms with E-state index in [4.69, 9.17) is 0 Å². The normalized spacial score (nSPS) is 14.3. The molecule has 0 unspecified atom stereocenters. The molecular weight excluding hydrogens is 378 g/mol. The van der Waals surface area contributed by atoms with Crippen LogP contribution in [0.3, 0.4) is 0 Å². The van der Waals surface area contributed by atoms with Crippen LogP contribution in [-0.4, -0.2) is 14.5 Å². The highest BCUT2D eigenvalue weighted by molar-refractivity contribution is 7.89. The number of benzene rings is 3. The molecule has 0 amide bonds. The molecule has 0 bridgehead atoms. The predicted octanol–water partition coefficient (Wildman–Crippen LogP) is 4.91. The Bertz CT molecular complexity index is 1120. The molecular formula is C25H25NO2S. The fraction of sp³-hybridized carbons (Fsp3) is 0.200. The lowest BCUT2D eigenvalue weighted by Crippen LogP contribution is -2.36. The van der Waals surface area contributed by atoms with Crippen molar-refractivity contribution < 1.29 is 8.42 Å². The van der Waals surface area contributed by atoms with Gasteiger partial charge in [-0.2, -0.15) is 0 Å². The molecule has 1 aliphatic rings. The fourth-order valence-electron chi connectivity index (χ4n) is 3.87. The minimum absolute atomic E-state index is 0.221. The van der Waals surface area contributed by atoms with Gasteiger partial charge in [0.2, 0.25) is 10.0 Å². The average molecular weight is 404 g/mol. The molecule has 148 valence electrons. The average Bonchev–Trinajstić information content (AvgIpc) is 3.12. The summed E-state index contributed by atoms with van der Waals surface area (Å²) in [6.07, 6.45) is 4.44. The number of sulfonamides is 1. The summed E-state index contributed by atoms with van der Waals surface area (Å²) in [5.41, 5.74) is 5.92. The zero-order valence-electron chi connectivity index (χ0n) is 16.5. The van der Waals surface area contributed by atoms with Gasteiger partial charge in [-0.05, 0) is 60.6 Å². The van der Waals surface area contributed by atoms with E-state index in [1.54, 1.807) is 12.1 Å². The van der Waals surface area contributed by atoms with Crippen LogP contribution in [0, 0.1) is 6.92 Å². The molecule has 4 rings (SSSR count). The lowest BCUT2D eigenvalue weighted by Gasteiger charge is -2.20. The highest BCUT2D eigenvalue weighted by atomic mass is 32.2. The van der Waals surface area contributed by atoms with Crippen LogP contribution in [-0.2, 0) is 22.9 Å². The molecule has 0 aromatic heterocycles. The molecule has 0 spiro atoms. The highest BCUT2D eigenvalue weighted by Crippen LogP contribution is 2.31. The van der Waals surface area contributed by atoms with E-state index < -0.39 is 10.0 Å². The Labute approximate surface area is 173 Å². The van der Waals surface area contributed by atoms with Crippen molar-refractivity contribution in [3.05, 3.63) is 107 Å². The zero-order valence-corrected chi connectivity index (χ0v) is 17.3. The van der Waals surface area contributed by atoms with E-state index >= 15 is 0 Å². The van der Waals surface area contributed by atoms with Gasteiger partial charge in [-0.25, -0.2) is 13.1 Å². The first kappa shape index (κ1) is 19.6. The monoisotopic (exact) mass is 403 g/mol. The molecule has 3 aromatic carbocycles. The molecule has 0 saturated carbocycles. The summed E-state index contributed by atoms with van der Waals surface area (Å²) in [7, 11) is -3.59. The van der Waals surface area contributed by atoms with Gasteiger partial charge in [-0.15, -0.1) is 0 Å². The van der Waals surface area contributed by atoms with E-state index in [1.165, 1.54) is 16.7 Å². The van der Waals surface area contributed by atoms with Crippen LogP contribution in [0.1, 0.15) is 28.7 Å². The minimum Gasteiger partial charge on any atom is -0.207 e. The number of nitrogens with one attached hydrogen (secondary N) is 1. The largest absolute Gasteiger partial charge is 0.240 e. The van der Waals surface area contributed by atoms with Crippen LogP contribution in [0.4, 0.5) is 0 Å². The van der Waals surface area contributed by atoms with Gasteiger partial charge in [0.05, 0.1) is 4.90 Å². The maximum atomic E-state index is 13.0. The van der Waals surface area contributed by atoms with E-state index in [0.717, 1.165) is 17.5 Å². The Kier molecular flexibility index (Phi) is 5.65. The second-order valence-corrected chi connectivity index (χ2v) is 9.33. The Morgan fingerprint density at radius 3 is 2.31 bits per heavy atom. The van der Waals surface area contributed by atoms with Crippen molar-refractivity contribution in [2.75, 3.05) is 0 Å². The van der Waals surface area contributed by atoms with Crippen molar-refractivity contribution >= 4 is 15.6 Å². The first-order chi connectivity index (χ1) is 14.0. The summed E-state index contributed by atoms with van der Waals surface area (Å²) >= 11 is 0. The Balaban J connectivity index is 1.59. The fourth-order valence-corrected chi connectivity index (χ4v) is 5.11. The van der Waals surface area contributed by atoms with Crippen LogP contribution in [0.15, 0.2) is 89.8 Å². The summed E-state index contributed by atoms with van der Waals surface area (Å²) < 4.78 is 29.0. The van der Waals surface area contributed by atoms with Crippen molar-refractivity contribution in [1.82, 2.24) is 4.72 Å². The van der Waals surface area contributed by atoms with Crippen LogP contribution >= 0.6 is 0 Å².